The number of sulfonamides is 1. The molecule has 0 bridgehead atoms. The van der Waals surface area contributed by atoms with E-state index in [1.54, 1.807) is 7.05 Å². The fourth-order valence-electron chi connectivity index (χ4n) is 2.03. The molecule has 2 N–H and O–H groups in total. The van der Waals surface area contributed by atoms with E-state index in [1.807, 2.05) is 0 Å². The molecule has 13 heavy (non-hydrogen) atoms. The molecule has 5 heteroatoms. The molecule has 0 heterocycles. The minimum Gasteiger partial charge on any atom is -0.329 e. The van der Waals surface area contributed by atoms with Crippen LogP contribution in [0.2, 0.25) is 0 Å². The van der Waals surface area contributed by atoms with Crippen molar-refractivity contribution in [2.45, 2.75) is 31.2 Å². The van der Waals surface area contributed by atoms with Gasteiger partial charge in [-0.2, -0.15) is 4.31 Å². The summed E-state index contributed by atoms with van der Waals surface area (Å²) in [5.74, 6) is 0. The average molecular weight is 206 g/mol. The molecule has 0 aromatic rings. The van der Waals surface area contributed by atoms with Crippen molar-refractivity contribution in [2.75, 3.05) is 19.8 Å². The van der Waals surface area contributed by atoms with Gasteiger partial charge < -0.3 is 5.73 Å². The van der Waals surface area contributed by atoms with E-state index in [-0.39, 0.29) is 5.54 Å². The largest absolute Gasteiger partial charge is 0.329 e. The summed E-state index contributed by atoms with van der Waals surface area (Å²) in [5, 5.41) is 0. The minimum absolute atomic E-state index is 0.298. The van der Waals surface area contributed by atoms with E-state index < -0.39 is 10.0 Å². The Hall–Kier alpha value is -0.130. The molecular formula is C8H18N2O2S. The van der Waals surface area contributed by atoms with E-state index in [0.717, 1.165) is 25.7 Å². The Morgan fingerprint density at radius 3 is 2.15 bits per heavy atom. The Balaban J connectivity index is 2.89. The third-order valence-electron chi connectivity index (χ3n) is 3.08. The van der Waals surface area contributed by atoms with Crippen LogP contribution in [-0.2, 0) is 10.0 Å². The molecule has 0 unspecified atom stereocenters. The fourth-order valence-corrected chi connectivity index (χ4v) is 2.99. The molecule has 1 saturated carbocycles. The molecule has 1 aliphatic carbocycles. The molecule has 0 aliphatic heterocycles. The van der Waals surface area contributed by atoms with Crippen molar-refractivity contribution in [3.8, 4) is 0 Å². The first kappa shape index (κ1) is 10.9. The zero-order valence-electron chi connectivity index (χ0n) is 8.28. The second kappa shape index (κ2) is 3.55. The van der Waals surface area contributed by atoms with Gasteiger partial charge in [-0.05, 0) is 12.8 Å². The Morgan fingerprint density at radius 1 is 1.38 bits per heavy atom. The third-order valence-corrected chi connectivity index (χ3v) is 4.46. The van der Waals surface area contributed by atoms with Gasteiger partial charge >= 0.3 is 0 Å². The number of rotatable bonds is 3. The van der Waals surface area contributed by atoms with Gasteiger partial charge in [0.15, 0.2) is 0 Å². The van der Waals surface area contributed by atoms with Crippen LogP contribution in [0.1, 0.15) is 25.7 Å². The van der Waals surface area contributed by atoms with Crippen molar-refractivity contribution in [3.05, 3.63) is 0 Å². The monoisotopic (exact) mass is 206 g/mol. The van der Waals surface area contributed by atoms with Gasteiger partial charge in [0, 0.05) is 19.1 Å². The maximum absolute atomic E-state index is 11.4. The summed E-state index contributed by atoms with van der Waals surface area (Å²) in [6, 6.07) is 0. The second-order valence-electron chi connectivity index (χ2n) is 3.87. The number of nitrogens with zero attached hydrogens (tertiary/aromatic N) is 1. The van der Waals surface area contributed by atoms with Gasteiger partial charge in [-0.15, -0.1) is 0 Å². The lowest BCUT2D eigenvalue weighted by Gasteiger charge is -2.35. The highest BCUT2D eigenvalue weighted by Gasteiger charge is 2.40. The van der Waals surface area contributed by atoms with Gasteiger partial charge in [-0.1, -0.05) is 12.8 Å². The van der Waals surface area contributed by atoms with Crippen LogP contribution < -0.4 is 5.73 Å². The minimum atomic E-state index is -3.10. The maximum atomic E-state index is 11.4. The van der Waals surface area contributed by atoms with E-state index in [9.17, 15) is 8.42 Å². The normalized spacial score (nSPS) is 22.5. The Morgan fingerprint density at radius 2 is 1.85 bits per heavy atom. The van der Waals surface area contributed by atoms with Crippen LogP contribution in [-0.4, -0.2) is 38.1 Å². The summed E-state index contributed by atoms with van der Waals surface area (Å²) < 4.78 is 24.2. The summed E-state index contributed by atoms with van der Waals surface area (Å²) in [4.78, 5) is 0. The summed E-state index contributed by atoms with van der Waals surface area (Å²) >= 11 is 0. The second-order valence-corrected chi connectivity index (χ2v) is 5.88. The standard InChI is InChI=1S/C8H18N2O2S/c1-10(13(2,11)12)8(7-9)5-3-4-6-8/h3-7,9H2,1-2H3. The first-order valence-corrected chi connectivity index (χ1v) is 6.41. The highest BCUT2D eigenvalue weighted by Crippen LogP contribution is 2.34. The van der Waals surface area contributed by atoms with Crippen molar-refractivity contribution < 1.29 is 8.42 Å². The zero-order valence-corrected chi connectivity index (χ0v) is 9.10. The van der Waals surface area contributed by atoms with E-state index in [0.29, 0.717) is 6.54 Å². The zero-order chi connectivity index (χ0) is 10.1. The van der Waals surface area contributed by atoms with Crippen LogP contribution in [0.5, 0.6) is 0 Å². The van der Waals surface area contributed by atoms with Crippen molar-refractivity contribution in [3.63, 3.8) is 0 Å². The molecule has 0 spiro atoms. The van der Waals surface area contributed by atoms with Crippen molar-refractivity contribution in [1.29, 1.82) is 0 Å². The Labute approximate surface area is 80.1 Å². The van der Waals surface area contributed by atoms with Gasteiger partial charge in [-0.25, -0.2) is 8.42 Å². The van der Waals surface area contributed by atoms with Gasteiger partial charge in [0.25, 0.3) is 0 Å². The molecule has 0 aromatic carbocycles. The first-order valence-electron chi connectivity index (χ1n) is 4.56. The number of hydrogen-bond acceptors (Lipinski definition) is 3. The molecule has 0 saturated heterocycles. The van der Waals surface area contributed by atoms with Crippen LogP contribution in [0.4, 0.5) is 0 Å². The Bertz CT molecular complexity index is 268. The summed E-state index contributed by atoms with van der Waals surface area (Å²) in [5.41, 5.74) is 5.36. The Kier molecular flexibility index (Phi) is 2.99. The molecule has 0 amide bonds. The molecule has 0 radical (unpaired) electrons. The lowest BCUT2D eigenvalue weighted by Crippen LogP contribution is -2.52. The third kappa shape index (κ3) is 2.03. The lowest BCUT2D eigenvalue weighted by molar-refractivity contribution is 0.232. The highest BCUT2D eigenvalue weighted by molar-refractivity contribution is 7.88. The van der Waals surface area contributed by atoms with Crippen molar-refractivity contribution in [1.82, 2.24) is 4.31 Å². The molecule has 0 aromatic heterocycles. The number of hydrogen-bond donors (Lipinski definition) is 1. The molecular weight excluding hydrogens is 188 g/mol. The lowest BCUT2D eigenvalue weighted by atomic mass is 9.98. The van der Waals surface area contributed by atoms with Crippen LogP contribution in [0.3, 0.4) is 0 Å². The van der Waals surface area contributed by atoms with E-state index in [1.165, 1.54) is 10.6 Å². The maximum Gasteiger partial charge on any atom is 0.211 e. The predicted molar refractivity (Wildman–Crippen MR) is 52.9 cm³/mol. The summed E-state index contributed by atoms with van der Waals surface area (Å²) in [6.07, 6.45) is 5.19. The molecule has 1 rings (SSSR count). The van der Waals surface area contributed by atoms with Crippen LogP contribution in [0.25, 0.3) is 0 Å². The van der Waals surface area contributed by atoms with Gasteiger partial charge in [0.05, 0.1) is 6.26 Å². The molecule has 1 fully saturated rings. The van der Waals surface area contributed by atoms with E-state index in [2.05, 4.69) is 0 Å². The summed E-state index contributed by atoms with van der Waals surface area (Å²) in [6.45, 7) is 0.427. The van der Waals surface area contributed by atoms with E-state index in [4.69, 9.17) is 5.73 Å². The molecule has 1 aliphatic rings. The average Bonchev–Trinajstić information content (AvgIpc) is 2.50. The first-order chi connectivity index (χ1) is 5.92. The van der Waals surface area contributed by atoms with Crippen LogP contribution >= 0.6 is 0 Å². The SMILES string of the molecule is CN(C1(CN)CCCC1)S(C)(=O)=O. The van der Waals surface area contributed by atoms with Crippen molar-refractivity contribution in [2.24, 2.45) is 5.73 Å². The van der Waals surface area contributed by atoms with Crippen LogP contribution in [0.15, 0.2) is 0 Å². The highest BCUT2D eigenvalue weighted by atomic mass is 32.2. The van der Waals surface area contributed by atoms with Gasteiger partial charge in [0.2, 0.25) is 10.0 Å². The quantitative estimate of drug-likeness (QED) is 0.715. The predicted octanol–water partition coefficient (Wildman–Crippen LogP) is 0.149. The van der Waals surface area contributed by atoms with Crippen LogP contribution in [0, 0.1) is 0 Å². The number of nitrogens with two attached hydrogens (primary N) is 1. The fraction of sp³-hybridized carbons (Fsp3) is 1.00. The topological polar surface area (TPSA) is 63.4 Å². The van der Waals surface area contributed by atoms with Gasteiger partial charge in [0.1, 0.15) is 0 Å². The van der Waals surface area contributed by atoms with E-state index >= 15 is 0 Å². The molecule has 0 atom stereocenters. The molecule has 4 nitrogen and oxygen atoms in total. The van der Waals surface area contributed by atoms with Crippen molar-refractivity contribution >= 4 is 10.0 Å². The van der Waals surface area contributed by atoms with Gasteiger partial charge in [-0.3, -0.25) is 0 Å². The number of likely N-dealkylation sites (N-methyl/N-ethyl adjacent to an activating group) is 1. The summed E-state index contributed by atoms with van der Waals surface area (Å²) in [7, 11) is -1.47. The smallest absolute Gasteiger partial charge is 0.211 e. The molecule has 78 valence electrons.